The smallest absolute Gasteiger partial charge is 0.240 e. The minimum absolute atomic E-state index is 0.120. The molecule has 3 heterocycles. The molecule has 3 aliphatic heterocycles. The van der Waals surface area contributed by atoms with E-state index >= 15 is 0 Å². The molecule has 1 aromatic rings. The van der Waals surface area contributed by atoms with Crippen LogP contribution in [0.5, 0.6) is 0 Å². The maximum absolute atomic E-state index is 12.6. The Bertz CT molecular complexity index is 634. The van der Waals surface area contributed by atoms with Gasteiger partial charge in [0, 0.05) is 0 Å². The van der Waals surface area contributed by atoms with Gasteiger partial charge in [0.15, 0.2) is 0 Å². The quantitative estimate of drug-likeness (QED) is 0.576. The van der Waals surface area contributed by atoms with Crippen molar-refractivity contribution in [1.82, 2.24) is 0 Å². The summed E-state index contributed by atoms with van der Waals surface area (Å²) in [6.45, 7) is 3.88. The van der Waals surface area contributed by atoms with Crippen molar-refractivity contribution in [2.45, 2.75) is 26.1 Å². The van der Waals surface area contributed by atoms with E-state index in [0.717, 1.165) is 11.1 Å². The Labute approximate surface area is 117 Å². The number of benzene rings is 1. The Balaban J connectivity index is 1.80. The Kier molecular flexibility index (Phi) is 2.25. The van der Waals surface area contributed by atoms with Crippen molar-refractivity contribution < 1.29 is 14.3 Å². The molecule has 2 bridgehead atoms. The molecule has 0 N–H and O–H groups in total. The Hall–Kier alpha value is -1.94. The summed E-state index contributed by atoms with van der Waals surface area (Å²) >= 11 is 0. The highest BCUT2D eigenvalue weighted by atomic mass is 16.5. The molecule has 0 unspecified atom stereocenters. The highest BCUT2D eigenvalue weighted by Gasteiger charge is 2.61. The van der Waals surface area contributed by atoms with Crippen LogP contribution in [-0.2, 0) is 14.3 Å². The number of nitrogens with zero attached hydrogens (tertiary/aromatic N) is 1. The second-order valence-corrected chi connectivity index (χ2v) is 5.80. The van der Waals surface area contributed by atoms with Crippen LogP contribution < -0.4 is 4.90 Å². The predicted octanol–water partition coefficient (Wildman–Crippen LogP) is 1.75. The summed E-state index contributed by atoms with van der Waals surface area (Å²) < 4.78 is 5.64. The van der Waals surface area contributed by atoms with Gasteiger partial charge in [-0.3, -0.25) is 9.59 Å². The van der Waals surface area contributed by atoms with Crippen molar-refractivity contribution >= 4 is 17.5 Å². The van der Waals surface area contributed by atoms with Crippen LogP contribution in [0, 0.1) is 25.7 Å². The number of carbonyl (C=O) groups is 2. The average Bonchev–Trinajstić information content (AvgIpc) is 3.08. The van der Waals surface area contributed by atoms with Gasteiger partial charge in [-0.2, -0.15) is 0 Å². The van der Waals surface area contributed by atoms with Gasteiger partial charge in [0.1, 0.15) is 0 Å². The van der Waals surface area contributed by atoms with Gasteiger partial charge in [-0.05, 0) is 31.0 Å². The first-order chi connectivity index (χ1) is 9.58. The van der Waals surface area contributed by atoms with E-state index in [4.69, 9.17) is 4.74 Å². The van der Waals surface area contributed by atoms with E-state index in [1.54, 1.807) is 0 Å². The van der Waals surface area contributed by atoms with E-state index in [1.165, 1.54) is 4.90 Å². The van der Waals surface area contributed by atoms with Gasteiger partial charge >= 0.3 is 0 Å². The van der Waals surface area contributed by atoms with E-state index in [1.807, 2.05) is 44.2 Å². The van der Waals surface area contributed by atoms with Crippen molar-refractivity contribution in [1.29, 1.82) is 0 Å². The largest absolute Gasteiger partial charge is 0.365 e. The van der Waals surface area contributed by atoms with E-state index < -0.39 is 0 Å². The third-order valence-corrected chi connectivity index (χ3v) is 4.52. The maximum Gasteiger partial charge on any atom is 0.240 e. The van der Waals surface area contributed by atoms with Crippen LogP contribution in [0.15, 0.2) is 30.4 Å². The predicted molar refractivity (Wildman–Crippen MR) is 73.2 cm³/mol. The van der Waals surface area contributed by atoms with E-state index in [0.29, 0.717) is 5.69 Å². The minimum atomic E-state index is -0.336. The first kappa shape index (κ1) is 11.9. The van der Waals surface area contributed by atoms with E-state index in [9.17, 15) is 9.59 Å². The normalized spacial score (nSPS) is 34.2. The summed E-state index contributed by atoms with van der Waals surface area (Å²) in [4.78, 5) is 26.7. The van der Waals surface area contributed by atoms with Crippen molar-refractivity contribution in [3.8, 4) is 0 Å². The number of carbonyl (C=O) groups excluding carboxylic acids is 2. The summed E-state index contributed by atoms with van der Waals surface area (Å²) in [5, 5.41) is 0. The second kappa shape index (κ2) is 3.79. The van der Waals surface area contributed by atoms with Gasteiger partial charge in [-0.15, -0.1) is 0 Å². The SMILES string of the molecule is Cc1ccc(C)c(N2C(=O)[C@@H]3[C@H](C2=O)[C@@H]2C=C[C@H]3O2)c1. The molecule has 0 saturated carbocycles. The number of rotatable bonds is 1. The average molecular weight is 269 g/mol. The van der Waals surface area contributed by atoms with Gasteiger partial charge in [0.05, 0.1) is 29.7 Å². The third kappa shape index (κ3) is 1.34. The lowest BCUT2D eigenvalue weighted by Crippen LogP contribution is -2.34. The zero-order chi connectivity index (χ0) is 14.0. The van der Waals surface area contributed by atoms with Crippen LogP contribution in [0.4, 0.5) is 5.69 Å². The van der Waals surface area contributed by atoms with Crippen LogP contribution in [0.25, 0.3) is 0 Å². The number of aryl methyl sites for hydroxylation is 2. The fourth-order valence-electron chi connectivity index (χ4n) is 3.50. The molecule has 0 radical (unpaired) electrons. The molecule has 0 spiro atoms. The lowest BCUT2D eigenvalue weighted by molar-refractivity contribution is -0.124. The molecular weight excluding hydrogens is 254 g/mol. The highest BCUT2D eigenvalue weighted by Crippen LogP contribution is 2.46. The van der Waals surface area contributed by atoms with E-state index in [-0.39, 0.29) is 35.9 Å². The molecular formula is C16H15NO3. The molecule has 4 heteroatoms. The number of hydrogen-bond donors (Lipinski definition) is 0. The van der Waals surface area contributed by atoms with Gasteiger partial charge in [0.25, 0.3) is 0 Å². The van der Waals surface area contributed by atoms with Crippen LogP contribution in [-0.4, -0.2) is 24.0 Å². The molecule has 1 aromatic carbocycles. The molecule has 4 atom stereocenters. The molecule has 0 aromatic heterocycles. The molecule has 2 fully saturated rings. The molecule has 3 aliphatic rings. The Morgan fingerprint density at radius 3 is 2.20 bits per heavy atom. The zero-order valence-corrected chi connectivity index (χ0v) is 11.4. The first-order valence-electron chi connectivity index (χ1n) is 6.87. The summed E-state index contributed by atoms with van der Waals surface area (Å²) in [6.07, 6.45) is 3.36. The molecule has 102 valence electrons. The van der Waals surface area contributed by atoms with Gasteiger partial charge in [-0.25, -0.2) is 4.90 Å². The van der Waals surface area contributed by atoms with Gasteiger partial charge in [-0.1, -0.05) is 24.3 Å². The van der Waals surface area contributed by atoms with Gasteiger partial charge in [0.2, 0.25) is 11.8 Å². The summed E-state index contributed by atoms with van der Waals surface area (Å²) in [5.74, 6) is -0.911. The standard InChI is InChI=1S/C16H15NO3/c1-8-3-4-9(2)10(7-8)17-15(18)13-11-5-6-12(20-11)14(13)16(17)19/h3-7,11-14H,1-2H3/t11-,12+,13+,14-. The topological polar surface area (TPSA) is 46.6 Å². The van der Waals surface area contributed by atoms with Crippen molar-refractivity contribution in [3.05, 3.63) is 41.5 Å². The van der Waals surface area contributed by atoms with Crippen LogP contribution in [0.1, 0.15) is 11.1 Å². The molecule has 2 amide bonds. The third-order valence-electron chi connectivity index (χ3n) is 4.52. The molecule has 0 aliphatic carbocycles. The minimum Gasteiger partial charge on any atom is -0.365 e. The summed E-state index contributed by atoms with van der Waals surface area (Å²) in [6, 6.07) is 5.84. The van der Waals surface area contributed by atoms with Gasteiger partial charge < -0.3 is 4.74 Å². The number of amides is 2. The number of fused-ring (bicyclic) bond motifs is 5. The highest BCUT2D eigenvalue weighted by molar-refractivity contribution is 6.23. The number of imide groups is 1. The lowest BCUT2D eigenvalue weighted by atomic mass is 9.85. The first-order valence-corrected chi connectivity index (χ1v) is 6.87. The summed E-state index contributed by atoms with van der Waals surface area (Å²) in [5.41, 5.74) is 2.70. The van der Waals surface area contributed by atoms with E-state index in [2.05, 4.69) is 0 Å². The number of ether oxygens (including phenoxy) is 1. The molecule has 20 heavy (non-hydrogen) atoms. The van der Waals surface area contributed by atoms with Crippen molar-refractivity contribution in [2.75, 3.05) is 4.90 Å². The fourth-order valence-corrected chi connectivity index (χ4v) is 3.50. The lowest BCUT2D eigenvalue weighted by Gasteiger charge is -2.20. The monoisotopic (exact) mass is 269 g/mol. The van der Waals surface area contributed by atoms with Crippen molar-refractivity contribution in [2.24, 2.45) is 11.8 Å². The van der Waals surface area contributed by atoms with Crippen LogP contribution in [0.3, 0.4) is 0 Å². The Morgan fingerprint density at radius 2 is 1.60 bits per heavy atom. The number of anilines is 1. The van der Waals surface area contributed by atoms with Crippen molar-refractivity contribution in [3.63, 3.8) is 0 Å². The van der Waals surface area contributed by atoms with Crippen LogP contribution >= 0.6 is 0 Å². The molecule has 2 saturated heterocycles. The fraction of sp³-hybridized carbons (Fsp3) is 0.375. The molecule has 4 nitrogen and oxygen atoms in total. The zero-order valence-electron chi connectivity index (χ0n) is 11.4. The maximum atomic E-state index is 12.6. The Morgan fingerprint density at radius 1 is 1.00 bits per heavy atom. The summed E-state index contributed by atoms with van der Waals surface area (Å²) in [7, 11) is 0. The second-order valence-electron chi connectivity index (χ2n) is 5.80. The van der Waals surface area contributed by atoms with Crippen LogP contribution in [0.2, 0.25) is 0 Å². The number of hydrogen-bond acceptors (Lipinski definition) is 3. The molecule has 4 rings (SSSR count).